The van der Waals surface area contributed by atoms with E-state index in [0.717, 1.165) is 24.4 Å². The summed E-state index contributed by atoms with van der Waals surface area (Å²) in [7, 11) is 0. The molecule has 1 aromatic heterocycles. The van der Waals surface area contributed by atoms with E-state index in [1.54, 1.807) is 6.92 Å². The molecular weight excluding hydrogens is 205 g/mol. The summed E-state index contributed by atoms with van der Waals surface area (Å²) in [5, 5.41) is 8.12. The zero-order valence-electron chi connectivity index (χ0n) is 9.91. The van der Waals surface area contributed by atoms with Crippen molar-refractivity contribution in [2.75, 3.05) is 13.1 Å². The van der Waals surface area contributed by atoms with E-state index in [0.29, 0.717) is 19.5 Å². The standard InChI is InChI=1S/C12H18FN3/c1-10-4-5-11(15-14-10)8-16-7-3-6-12(2,13)9-16/h4-5H,3,6-9H2,1-2H3/t12-/m1/s1. The van der Waals surface area contributed by atoms with Gasteiger partial charge in [-0.05, 0) is 45.4 Å². The third-order valence-electron chi connectivity index (χ3n) is 2.96. The first kappa shape index (κ1) is 11.5. The highest BCUT2D eigenvalue weighted by Gasteiger charge is 2.30. The number of nitrogens with zero attached hydrogens (tertiary/aromatic N) is 3. The molecule has 0 bridgehead atoms. The van der Waals surface area contributed by atoms with Crippen LogP contribution in [0.3, 0.4) is 0 Å². The minimum atomic E-state index is -1.05. The summed E-state index contributed by atoms with van der Waals surface area (Å²) < 4.78 is 13.8. The van der Waals surface area contributed by atoms with Gasteiger partial charge in [-0.3, -0.25) is 4.90 Å². The molecule has 3 nitrogen and oxygen atoms in total. The second kappa shape index (κ2) is 4.45. The van der Waals surface area contributed by atoms with Gasteiger partial charge in [-0.1, -0.05) is 0 Å². The van der Waals surface area contributed by atoms with Crippen LogP contribution in [0.1, 0.15) is 31.2 Å². The van der Waals surface area contributed by atoms with Crippen LogP contribution >= 0.6 is 0 Å². The van der Waals surface area contributed by atoms with Crippen LogP contribution < -0.4 is 0 Å². The molecule has 1 aromatic rings. The highest BCUT2D eigenvalue weighted by molar-refractivity contribution is 5.05. The first-order valence-corrected chi connectivity index (χ1v) is 5.76. The summed E-state index contributed by atoms with van der Waals surface area (Å²) in [6, 6.07) is 3.91. The van der Waals surface area contributed by atoms with Crippen LogP contribution in [0.25, 0.3) is 0 Å². The van der Waals surface area contributed by atoms with Crippen molar-refractivity contribution in [1.29, 1.82) is 0 Å². The number of hydrogen-bond acceptors (Lipinski definition) is 3. The van der Waals surface area contributed by atoms with Crippen molar-refractivity contribution in [3.63, 3.8) is 0 Å². The van der Waals surface area contributed by atoms with Gasteiger partial charge in [0.1, 0.15) is 5.67 Å². The minimum Gasteiger partial charge on any atom is -0.294 e. The fraction of sp³-hybridized carbons (Fsp3) is 0.667. The van der Waals surface area contributed by atoms with Crippen molar-refractivity contribution in [2.45, 2.75) is 38.9 Å². The first-order valence-electron chi connectivity index (χ1n) is 5.76. The Labute approximate surface area is 95.7 Å². The number of aromatic nitrogens is 2. The van der Waals surface area contributed by atoms with Crippen molar-refractivity contribution in [3.05, 3.63) is 23.5 Å². The highest BCUT2D eigenvalue weighted by Crippen LogP contribution is 2.25. The van der Waals surface area contributed by atoms with E-state index >= 15 is 0 Å². The molecule has 0 aromatic carbocycles. The van der Waals surface area contributed by atoms with Crippen LogP contribution in [0.2, 0.25) is 0 Å². The largest absolute Gasteiger partial charge is 0.294 e. The number of alkyl halides is 1. The maximum Gasteiger partial charge on any atom is 0.120 e. The number of aryl methyl sites for hydroxylation is 1. The second-order valence-electron chi connectivity index (χ2n) is 4.89. The molecule has 0 amide bonds. The molecule has 0 unspecified atom stereocenters. The Morgan fingerprint density at radius 2 is 2.25 bits per heavy atom. The molecule has 1 fully saturated rings. The van der Waals surface area contributed by atoms with Gasteiger partial charge in [-0.15, -0.1) is 0 Å². The molecule has 1 atom stereocenters. The molecule has 0 aliphatic carbocycles. The second-order valence-corrected chi connectivity index (χ2v) is 4.89. The minimum absolute atomic E-state index is 0.503. The lowest BCUT2D eigenvalue weighted by Gasteiger charge is -2.34. The zero-order valence-corrected chi connectivity index (χ0v) is 9.91. The zero-order chi connectivity index (χ0) is 11.6. The van der Waals surface area contributed by atoms with E-state index in [1.807, 2.05) is 19.1 Å². The van der Waals surface area contributed by atoms with Gasteiger partial charge in [0.05, 0.1) is 11.4 Å². The van der Waals surface area contributed by atoms with E-state index in [4.69, 9.17) is 0 Å². The number of likely N-dealkylation sites (tertiary alicyclic amines) is 1. The molecule has 2 heterocycles. The monoisotopic (exact) mass is 223 g/mol. The number of hydrogen-bond donors (Lipinski definition) is 0. The van der Waals surface area contributed by atoms with E-state index in [9.17, 15) is 4.39 Å². The Morgan fingerprint density at radius 3 is 2.88 bits per heavy atom. The third kappa shape index (κ3) is 2.98. The molecule has 88 valence electrons. The lowest BCUT2D eigenvalue weighted by atomic mass is 9.97. The quantitative estimate of drug-likeness (QED) is 0.769. The third-order valence-corrected chi connectivity index (χ3v) is 2.96. The van der Waals surface area contributed by atoms with E-state index in [-0.39, 0.29) is 0 Å². The van der Waals surface area contributed by atoms with E-state index < -0.39 is 5.67 Å². The summed E-state index contributed by atoms with van der Waals surface area (Å²) in [4.78, 5) is 2.11. The van der Waals surface area contributed by atoms with Gasteiger partial charge in [-0.25, -0.2) is 4.39 Å². The van der Waals surface area contributed by atoms with Crippen LogP contribution in [0.5, 0.6) is 0 Å². The van der Waals surface area contributed by atoms with Crippen molar-refractivity contribution in [2.24, 2.45) is 0 Å². The molecule has 2 rings (SSSR count). The predicted octanol–water partition coefficient (Wildman–Crippen LogP) is 2.11. The summed E-state index contributed by atoms with van der Waals surface area (Å²) in [5.41, 5.74) is 0.789. The fourth-order valence-corrected chi connectivity index (χ4v) is 2.17. The Balaban J connectivity index is 1.97. The van der Waals surface area contributed by atoms with Gasteiger partial charge >= 0.3 is 0 Å². The SMILES string of the molecule is Cc1ccc(CN2CCC[C@@](C)(F)C2)nn1. The van der Waals surface area contributed by atoms with Crippen molar-refractivity contribution < 1.29 is 4.39 Å². The van der Waals surface area contributed by atoms with E-state index in [1.165, 1.54) is 0 Å². The Bertz CT molecular complexity index is 348. The van der Waals surface area contributed by atoms with Crippen LogP contribution in [0, 0.1) is 6.92 Å². The van der Waals surface area contributed by atoms with Crippen molar-refractivity contribution >= 4 is 0 Å². The van der Waals surface area contributed by atoms with Gasteiger partial charge in [0.2, 0.25) is 0 Å². The summed E-state index contributed by atoms with van der Waals surface area (Å²) in [5.74, 6) is 0. The summed E-state index contributed by atoms with van der Waals surface area (Å²) >= 11 is 0. The highest BCUT2D eigenvalue weighted by atomic mass is 19.1. The van der Waals surface area contributed by atoms with Crippen LogP contribution in [0.4, 0.5) is 4.39 Å². The van der Waals surface area contributed by atoms with Crippen LogP contribution in [-0.4, -0.2) is 33.9 Å². The molecule has 1 aliphatic rings. The van der Waals surface area contributed by atoms with Gasteiger partial charge in [0.15, 0.2) is 0 Å². The molecule has 0 N–H and O–H groups in total. The Kier molecular flexibility index (Phi) is 3.19. The molecule has 4 heteroatoms. The molecule has 0 saturated carbocycles. The number of halogens is 1. The summed E-state index contributed by atoms with van der Waals surface area (Å²) in [6.45, 7) is 5.75. The van der Waals surface area contributed by atoms with Gasteiger partial charge in [0.25, 0.3) is 0 Å². The lowest BCUT2D eigenvalue weighted by Crippen LogP contribution is -2.42. The van der Waals surface area contributed by atoms with Gasteiger partial charge in [0, 0.05) is 13.1 Å². The topological polar surface area (TPSA) is 29.0 Å². The molecular formula is C12H18FN3. The lowest BCUT2D eigenvalue weighted by molar-refractivity contribution is 0.0555. The Morgan fingerprint density at radius 1 is 1.44 bits per heavy atom. The van der Waals surface area contributed by atoms with Gasteiger partial charge in [-0.2, -0.15) is 10.2 Å². The number of rotatable bonds is 2. The van der Waals surface area contributed by atoms with Gasteiger partial charge < -0.3 is 0 Å². The average molecular weight is 223 g/mol. The molecule has 1 aliphatic heterocycles. The normalized spacial score (nSPS) is 26.9. The maximum absolute atomic E-state index is 13.8. The van der Waals surface area contributed by atoms with E-state index in [2.05, 4.69) is 15.1 Å². The number of piperidine rings is 1. The van der Waals surface area contributed by atoms with Crippen molar-refractivity contribution in [1.82, 2.24) is 15.1 Å². The maximum atomic E-state index is 13.8. The van der Waals surface area contributed by atoms with Crippen LogP contribution in [0.15, 0.2) is 12.1 Å². The molecule has 0 spiro atoms. The smallest absolute Gasteiger partial charge is 0.120 e. The average Bonchev–Trinajstić information content (AvgIpc) is 2.20. The molecule has 16 heavy (non-hydrogen) atoms. The fourth-order valence-electron chi connectivity index (χ4n) is 2.17. The van der Waals surface area contributed by atoms with Crippen molar-refractivity contribution in [3.8, 4) is 0 Å². The Hall–Kier alpha value is -1.03. The molecule has 0 radical (unpaired) electrons. The summed E-state index contributed by atoms with van der Waals surface area (Å²) in [6.07, 6.45) is 1.59. The first-order chi connectivity index (χ1) is 7.55. The molecule has 1 saturated heterocycles. The van der Waals surface area contributed by atoms with Crippen LogP contribution in [-0.2, 0) is 6.54 Å². The predicted molar refractivity (Wildman–Crippen MR) is 60.8 cm³/mol.